The van der Waals surface area contributed by atoms with Gasteiger partial charge >= 0.3 is 5.97 Å². The molecule has 0 aromatic carbocycles. The molecular weight excluding hydrogens is 292 g/mol. The number of aryl methyl sites for hydroxylation is 1. The van der Waals surface area contributed by atoms with Crippen molar-refractivity contribution in [3.05, 3.63) is 17.5 Å². The molecule has 1 aromatic heterocycles. The first-order valence-corrected chi connectivity index (χ1v) is 8.43. The molecule has 1 fully saturated rings. The fourth-order valence-electron chi connectivity index (χ4n) is 3.26. The van der Waals surface area contributed by atoms with Crippen LogP contribution in [0, 0.1) is 12.8 Å². The lowest BCUT2D eigenvalue weighted by Crippen LogP contribution is -2.49. The Bertz CT molecular complexity index is 549. The Morgan fingerprint density at radius 2 is 2.22 bits per heavy atom. The molecule has 2 heterocycles. The van der Waals surface area contributed by atoms with Crippen LogP contribution in [0.15, 0.2) is 6.20 Å². The third kappa shape index (κ3) is 3.99. The Balaban J connectivity index is 2.12. The summed E-state index contributed by atoms with van der Waals surface area (Å²) >= 11 is 0. The lowest BCUT2D eigenvalue weighted by Gasteiger charge is -2.41. The summed E-state index contributed by atoms with van der Waals surface area (Å²) in [5.74, 6) is 0.878. The standard InChI is InChI=1S/C17H28N4O2/c1-6-21-9-8-15(12(3)11-21)20(5)17-18-10-14(13(4)19-17)16(22)23-7-2/h10,12,15H,6-9,11H2,1-5H3/t12-,15+/m0/s1. The number of anilines is 1. The molecule has 1 aliphatic rings. The van der Waals surface area contributed by atoms with Crippen LogP contribution < -0.4 is 4.90 Å². The molecule has 0 amide bonds. The van der Waals surface area contributed by atoms with Crippen molar-refractivity contribution in [1.82, 2.24) is 14.9 Å². The summed E-state index contributed by atoms with van der Waals surface area (Å²) in [7, 11) is 2.04. The van der Waals surface area contributed by atoms with Gasteiger partial charge in [-0.1, -0.05) is 13.8 Å². The zero-order valence-corrected chi connectivity index (χ0v) is 14.9. The molecule has 0 spiro atoms. The zero-order valence-electron chi connectivity index (χ0n) is 14.9. The molecule has 1 saturated heterocycles. The van der Waals surface area contributed by atoms with Crippen LogP contribution in [0.1, 0.15) is 43.2 Å². The van der Waals surface area contributed by atoms with Gasteiger partial charge in [-0.3, -0.25) is 0 Å². The van der Waals surface area contributed by atoms with Crippen molar-refractivity contribution in [1.29, 1.82) is 0 Å². The van der Waals surface area contributed by atoms with E-state index in [1.165, 1.54) is 0 Å². The molecule has 0 radical (unpaired) electrons. The summed E-state index contributed by atoms with van der Waals surface area (Å²) < 4.78 is 5.03. The third-order valence-corrected chi connectivity index (χ3v) is 4.67. The van der Waals surface area contributed by atoms with Gasteiger partial charge in [-0.2, -0.15) is 0 Å². The van der Waals surface area contributed by atoms with Gasteiger partial charge < -0.3 is 14.5 Å². The summed E-state index contributed by atoms with van der Waals surface area (Å²) in [5.41, 5.74) is 1.11. The Morgan fingerprint density at radius 1 is 1.48 bits per heavy atom. The van der Waals surface area contributed by atoms with Gasteiger partial charge in [-0.25, -0.2) is 14.8 Å². The molecule has 6 nitrogen and oxygen atoms in total. The van der Waals surface area contributed by atoms with Crippen LogP contribution in [0.4, 0.5) is 5.95 Å². The number of ether oxygens (including phenoxy) is 1. The number of carbonyl (C=O) groups is 1. The van der Waals surface area contributed by atoms with Crippen molar-refractivity contribution in [2.75, 3.05) is 38.2 Å². The second kappa shape index (κ2) is 7.73. The van der Waals surface area contributed by atoms with Gasteiger partial charge in [0.15, 0.2) is 0 Å². The van der Waals surface area contributed by atoms with Crippen LogP contribution >= 0.6 is 0 Å². The maximum absolute atomic E-state index is 11.8. The molecule has 2 atom stereocenters. The predicted molar refractivity (Wildman–Crippen MR) is 90.8 cm³/mol. The summed E-state index contributed by atoms with van der Waals surface area (Å²) in [4.78, 5) is 25.4. The van der Waals surface area contributed by atoms with Crippen molar-refractivity contribution in [3.8, 4) is 0 Å². The van der Waals surface area contributed by atoms with Crippen LogP contribution in [-0.2, 0) is 4.74 Å². The molecule has 0 bridgehead atoms. The second-order valence-corrected chi connectivity index (χ2v) is 6.23. The normalized spacial score (nSPS) is 22.0. The van der Waals surface area contributed by atoms with E-state index in [1.807, 2.05) is 14.0 Å². The molecule has 0 N–H and O–H groups in total. The Labute approximate surface area is 138 Å². The number of hydrogen-bond acceptors (Lipinski definition) is 6. The number of esters is 1. The number of piperidine rings is 1. The summed E-state index contributed by atoms with van der Waals surface area (Å²) in [6.07, 6.45) is 2.69. The molecular formula is C17H28N4O2. The highest BCUT2D eigenvalue weighted by Crippen LogP contribution is 2.24. The van der Waals surface area contributed by atoms with Crippen LogP contribution in [0.3, 0.4) is 0 Å². The average Bonchev–Trinajstić information content (AvgIpc) is 2.54. The van der Waals surface area contributed by atoms with Gasteiger partial charge in [-0.05, 0) is 32.7 Å². The van der Waals surface area contributed by atoms with Crippen molar-refractivity contribution < 1.29 is 9.53 Å². The molecule has 1 aromatic rings. The molecule has 23 heavy (non-hydrogen) atoms. The molecule has 0 saturated carbocycles. The Morgan fingerprint density at radius 3 is 2.78 bits per heavy atom. The number of carbonyl (C=O) groups excluding carboxylic acids is 1. The monoisotopic (exact) mass is 320 g/mol. The van der Waals surface area contributed by atoms with E-state index in [0.29, 0.717) is 35.8 Å². The fourth-order valence-corrected chi connectivity index (χ4v) is 3.26. The third-order valence-electron chi connectivity index (χ3n) is 4.67. The first-order chi connectivity index (χ1) is 11.0. The highest BCUT2D eigenvalue weighted by molar-refractivity contribution is 5.90. The molecule has 6 heteroatoms. The van der Waals surface area contributed by atoms with Crippen molar-refractivity contribution in [2.45, 2.75) is 40.2 Å². The zero-order chi connectivity index (χ0) is 17.0. The summed E-state index contributed by atoms with van der Waals surface area (Å²) in [6.45, 7) is 11.8. The summed E-state index contributed by atoms with van der Waals surface area (Å²) in [6, 6.07) is 0.422. The highest BCUT2D eigenvalue weighted by atomic mass is 16.5. The van der Waals surface area contributed by atoms with E-state index in [2.05, 4.69) is 33.6 Å². The van der Waals surface area contributed by atoms with Gasteiger partial charge in [0.2, 0.25) is 5.95 Å². The molecule has 0 aliphatic carbocycles. The van der Waals surface area contributed by atoms with Crippen molar-refractivity contribution in [3.63, 3.8) is 0 Å². The van der Waals surface area contributed by atoms with Gasteiger partial charge in [0.05, 0.1) is 17.9 Å². The summed E-state index contributed by atoms with van der Waals surface area (Å²) in [5, 5.41) is 0. The maximum atomic E-state index is 11.8. The Hall–Kier alpha value is -1.69. The largest absolute Gasteiger partial charge is 0.462 e. The van der Waals surface area contributed by atoms with Crippen LogP contribution in [-0.4, -0.2) is 60.2 Å². The minimum Gasteiger partial charge on any atom is -0.462 e. The topological polar surface area (TPSA) is 58.6 Å². The number of likely N-dealkylation sites (tertiary alicyclic amines) is 1. The van der Waals surface area contributed by atoms with E-state index in [0.717, 1.165) is 26.1 Å². The first-order valence-electron chi connectivity index (χ1n) is 8.43. The van der Waals surface area contributed by atoms with Gasteiger partial charge in [-0.15, -0.1) is 0 Å². The predicted octanol–water partition coefficient (Wildman–Crippen LogP) is 2.13. The quantitative estimate of drug-likeness (QED) is 0.775. The lowest BCUT2D eigenvalue weighted by molar-refractivity contribution is 0.0524. The van der Waals surface area contributed by atoms with Crippen LogP contribution in [0.2, 0.25) is 0 Å². The van der Waals surface area contributed by atoms with E-state index in [1.54, 1.807) is 13.1 Å². The second-order valence-electron chi connectivity index (χ2n) is 6.23. The van der Waals surface area contributed by atoms with Crippen molar-refractivity contribution in [2.24, 2.45) is 5.92 Å². The smallest absolute Gasteiger partial charge is 0.341 e. The van der Waals surface area contributed by atoms with Gasteiger partial charge in [0, 0.05) is 32.4 Å². The van der Waals surface area contributed by atoms with E-state index < -0.39 is 0 Å². The number of aromatic nitrogens is 2. The lowest BCUT2D eigenvalue weighted by atomic mass is 9.93. The Kier molecular flexibility index (Phi) is 5.93. The first kappa shape index (κ1) is 17.7. The minimum atomic E-state index is -0.358. The fraction of sp³-hybridized carbons (Fsp3) is 0.706. The van der Waals surface area contributed by atoms with E-state index in [9.17, 15) is 4.79 Å². The van der Waals surface area contributed by atoms with Crippen molar-refractivity contribution >= 4 is 11.9 Å². The maximum Gasteiger partial charge on any atom is 0.341 e. The SMILES string of the molecule is CCOC(=O)c1cnc(N(C)[C@@H]2CCN(CC)C[C@@H]2C)nc1C. The number of nitrogens with zero attached hydrogens (tertiary/aromatic N) is 4. The number of hydrogen-bond donors (Lipinski definition) is 0. The van der Waals surface area contributed by atoms with E-state index in [4.69, 9.17) is 4.74 Å². The minimum absolute atomic E-state index is 0.355. The van der Waals surface area contributed by atoms with E-state index >= 15 is 0 Å². The van der Waals surface area contributed by atoms with Gasteiger partial charge in [0.1, 0.15) is 0 Å². The molecule has 128 valence electrons. The van der Waals surface area contributed by atoms with Crippen LogP contribution in [0.5, 0.6) is 0 Å². The molecule has 2 rings (SSSR count). The molecule has 1 aliphatic heterocycles. The number of rotatable bonds is 5. The van der Waals surface area contributed by atoms with E-state index in [-0.39, 0.29) is 5.97 Å². The van der Waals surface area contributed by atoms with Gasteiger partial charge in [0.25, 0.3) is 0 Å². The molecule has 0 unspecified atom stereocenters. The average molecular weight is 320 g/mol. The highest BCUT2D eigenvalue weighted by Gasteiger charge is 2.29. The van der Waals surface area contributed by atoms with Crippen LogP contribution in [0.25, 0.3) is 0 Å².